The smallest absolute Gasteiger partial charge is 0.313 e. The fourth-order valence-electron chi connectivity index (χ4n) is 1.64. The van der Waals surface area contributed by atoms with E-state index >= 15 is 0 Å². The number of esters is 1. The van der Waals surface area contributed by atoms with Gasteiger partial charge in [-0.25, -0.2) is 0 Å². The minimum atomic E-state index is -0.379. The Balaban J connectivity index is 3.20. The molecule has 1 unspecified atom stereocenters. The molecule has 88 valence electrons. The summed E-state index contributed by atoms with van der Waals surface area (Å²) >= 11 is 12.0. The van der Waals surface area contributed by atoms with Gasteiger partial charge in [-0.15, -0.1) is 0 Å². The molecule has 4 heteroatoms. The van der Waals surface area contributed by atoms with Gasteiger partial charge in [0.1, 0.15) is 0 Å². The first-order valence-corrected chi connectivity index (χ1v) is 5.75. The minimum absolute atomic E-state index is 0.100. The van der Waals surface area contributed by atoms with Crippen molar-refractivity contribution in [2.24, 2.45) is 5.92 Å². The van der Waals surface area contributed by atoms with Gasteiger partial charge in [0.15, 0.2) is 0 Å². The van der Waals surface area contributed by atoms with Gasteiger partial charge in [0.2, 0.25) is 0 Å². The molecule has 16 heavy (non-hydrogen) atoms. The lowest BCUT2D eigenvalue weighted by molar-refractivity contribution is -0.143. The van der Waals surface area contributed by atoms with Gasteiger partial charge >= 0.3 is 5.97 Å². The largest absolute Gasteiger partial charge is 0.469 e. The summed E-state index contributed by atoms with van der Waals surface area (Å²) in [7, 11) is 1.37. The van der Waals surface area contributed by atoms with Gasteiger partial charge in [-0.05, 0) is 29.7 Å². The fourth-order valence-corrected chi connectivity index (χ4v) is 2.05. The lowest BCUT2D eigenvalue weighted by Gasteiger charge is -2.20. The second-order valence-electron chi connectivity index (χ2n) is 3.91. The number of carbonyl (C=O) groups excluding carboxylic acids is 1. The highest BCUT2D eigenvalue weighted by atomic mass is 35.5. The maximum absolute atomic E-state index is 11.7. The number of rotatable bonds is 3. The lowest BCUT2D eigenvalue weighted by atomic mass is 9.88. The van der Waals surface area contributed by atoms with Crippen LogP contribution in [0.2, 0.25) is 10.0 Å². The van der Waals surface area contributed by atoms with Crippen LogP contribution in [0.4, 0.5) is 0 Å². The van der Waals surface area contributed by atoms with E-state index in [9.17, 15) is 4.79 Å². The molecule has 2 nitrogen and oxygen atoms in total. The van der Waals surface area contributed by atoms with Gasteiger partial charge in [0.05, 0.1) is 13.0 Å². The normalized spacial score (nSPS) is 12.6. The Hall–Kier alpha value is -0.730. The highest BCUT2D eigenvalue weighted by Gasteiger charge is 2.27. The van der Waals surface area contributed by atoms with E-state index in [-0.39, 0.29) is 17.8 Å². The number of ether oxygens (including phenoxy) is 1. The number of carbonyl (C=O) groups is 1. The molecule has 1 aromatic rings. The Kier molecular flexibility index (Phi) is 4.63. The van der Waals surface area contributed by atoms with Gasteiger partial charge in [0.25, 0.3) is 0 Å². The van der Waals surface area contributed by atoms with Crippen molar-refractivity contribution in [3.8, 4) is 0 Å². The first kappa shape index (κ1) is 13.3. The Morgan fingerprint density at radius 2 is 1.94 bits per heavy atom. The van der Waals surface area contributed by atoms with Gasteiger partial charge in [0, 0.05) is 10.0 Å². The third-order valence-corrected chi connectivity index (χ3v) is 2.99. The molecule has 0 aromatic heterocycles. The maximum atomic E-state index is 11.7. The molecule has 0 saturated heterocycles. The van der Waals surface area contributed by atoms with Crippen molar-refractivity contribution in [2.45, 2.75) is 19.8 Å². The van der Waals surface area contributed by atoms with Crippen LogP contribution in [0.25, 0.3) is 0 Å². The number of hydrogen-bond donors (Lipinski definition) is 0. The summed E-state index contributed by atoms with van der Waals surface area (Å²) < 4.78 is 4.78. The van der Waals surface area contributed by atoms with Crippen LogP contribution in [-0.2, 0) is 9.53 Å². The number of benzene rings is 1. The molecule has 0 aliphatic rings. The zero-order valence-electron chi connectivity index (χ0n) is 9.46. The van der Waals surface area contributed by atoms with Crippen LogP contribution in [0.5, 0.6) is 0 Å². The Morgan fingerprint density at radius 1 is 1.31 bits per heavy atom. The van der Waals surface area contributed by atoms with Crippen LogP contribution in [0.1, 0.15) is 25.3 Å². The zero-order chi connectivity index (χ0) is 12.3. The molecule has 0 bridgehead atoms. The quantitative estimate of drug-likeness (QED) is 0.771. The first-order valence-electron chi connectivity index (χ1n) is 5.00. The third kappa shape index (κ3) is 2.89. The highest BCUT2D eigenvalue weighted by Crippen LogP contribution is 2.33. The van der Waals surface area contributed by atoms with E-state index in [1.165, 1.54) is 7.11 Å². The van der Waals surface area contributed by atoms with Crippen LogP contribution in [0, 0.1) is 5.92 Å². The average Bonchev–Trinajstić information content (AvgIpc) is 2.22. The molecule has 0 spiro atoms. The molecule has 0 heterocycles. The molecular formula is C12H14Cl2O2. The summed E-state index contributed by atoms with van der Waals surface area (Å²) in [6.07, 6.45) is 0. The highest BCUT2D eigenvalue weighted by molar-refractivity contribution is 6.33. The van der Waals surface area contributed by atoms with Crippen molar-refractivity contribution in [2.75, 3.05) is 7.11 Å². The van der Waals surface area contributed by atoms with Crippen LogP contribution < -0.4 is 0 Å². The predicted molar refractivity (Wildman–Crippen MR) is 66.1 cm³/mol. The molecule has 1 atom stereocenters. The molecule has 0 aliphatic heterocycles. The van der Waals surface area contributed by atoms with Gasteiger partial charge < -0.3 is 4.74 Å². The summed E-state index contributed by atoms with van der Waals surface area (Å²) in [6.45, 7) is 3.89. The average molecular weight is 261 g/mol. The van der Waals surface area contributed by atoms with Crippen molar-refractivity contribution in [3.63, 3.8) is 0 Å². The third-order valence-electron chi connectivity index (χ3n) is 2.41. The van der Waals surface area contributed by atoms with E-state index in [1.54, 1.807) is 18.2 Å². The molecular weight excluding hydrogens is 247 g/mol. The fraction of sp³-hybridized carbons (Fsp3) is 0.417. The molecule has 0 saturated carbocycles. The zero-order valence-corrected chi connectivity index (χ0v) is 11.0. The van der Waals surface area contributed by atoms with Crippen molar-refractivity contribution < 1.29 is 9.53 Å². The molecule has 0 radical (unpaired) electrons. The second kappa shape index (κ2) is 5.55. The minimum Gasteiger partial charge on any atom is -0.469 e. The van der Waals surface area contributed by atoms with Crippen LogP contribution in [0.3, 0.4) is 0 Å². The van der Waals surface area contributed by atoms with Crippen molar-refractivity contribution in [1.82, 2.24) is 0 Å². The molecule has 0 amide bonds. The van der Waals surface area contributed by atoms with Crippen molar-refractivity contribution in [1.29, 1.82) is 0 Å². The number of halogens is 2. The van der Waals surface area contributed by atoms with Crippen molar-refractivity contribution >= 4 is 29.2 Å². The summed E-state index contributed by atoms with van der Waals surface area (Å²) in [4.78, 5) is 11.7. The molecule has 0 aliphatic carbocycles. The Morgan fingerprint density at radius 3 is 2.44 bits per heavy atom. The van der Waals surface area contributed by atoms with Crippen LogP contribution in [0.15, 0.2) is 18.2 Å². The van der Waals surface area contributed by atoms with Crippen LogP contribution >= 0.6 is 23.2 Å². The molecule has 1 rings (SSSR count). The second-order valence-corrected chi connectivity index (χ2v) is 4.75. The predicted octanol–water partition coefficient (Wildman–Crippen LogP) is 3.91. The topological polar surface area (TPSA) is 26.3 Å². The molecule has 1 aromatic carbocycles. The standard InChI is InChI=1S/C12H14Cl2O2/c1-7(2)11(12(15)16-3)9-6-8(13)4-5-10(9)14/h4-7,11H,1-3H3. The number of methoxy groups -OCH3 is 1. The summed E-state index contributed by atoms with van der Waals surface area (Å²) in [5, 5.41) is 1.10. The Labute approximate surface area is 106 Å². The lowest BCUT2D eigenvalue weighted by Crippen LogP contribution is -2.20. The van der Waals surface area contributed by atoms with Gasteiger partial charge in [-0.3, -0.25) is 4.79 Å². The van der Waals surface area contributed by atoms with E-state index < -0.39 is 0 Å². The number of hydrogen-bond acceptors (Lipinski definition) is 2. The summed E-state index contributed by atoms with van der Waals surface area (Å²) in [6, 6.07) is 5.10. The van der Waals surface area contributed by atoms with E-state index in [0.29, 0.717) is 10.0 Å². The van der Waals surface area contributed by atoms with E-state index in [0.717, 1.165) is 5.56 Å². The molecule has 0 N–H and O–H groups in total. The summed E-state index contributed by atoms with van der Waals surface area (Å²) in [5.74, 6) is -0.571. The van der Waals surface area contributed by atoms with E-state index in [4.69, 9.17) is 27.9 Å². The van der Waals surface area contributed by atoms with E-state index in [1.807, 2.05) is 13.8 Å². The molecule has 0 fully saturated rings. The monoisotopic (exact) mass is 260 g/mol. The summed E-state index contributed by atoms with van der Waals surface area (Å²) in [5.41, 5.74) is 0.719. The Bertz CT molecular complexity index is 389. The van der Waals surface area contributed by atoms with Crippen molar-refractivity contribution in [3.05, 3.63) is 33.8 Å². The first-order chi connectivity index (χ1) is 7.47. The van der Waals surface area contributed by atoms with E-state index in [2.05, 4.69) is 0 Å². The SMILES string of the molecule is COC(=O)C(c1cc(Cl)ccc1Cl)C(C)C. The van der Waals surface area contributed by atoms with Gasteiger partial charge in [-0.1, -0.05) is 37.0 Å². The maximum Gasteiger partial charge on any atom is 0.313 e. The van der Waals surface area contributed by atoms with Crippen LogP contribution in [-0.4, -0.2) is 13.1 Å². The van der Waals surface area contributed by atoms with Gasteiger partial charge in [-0.2, -0.15) is 0 Å².